The Labute approximate surface area is 195 Å². The molecule has 1 aromatic heterocycles. The van der Waals surface area contributed by atoms with Gasteiger partial charge < -0.3 is 19.3 Å². The summed E-state index contributed by atoms with van der Waals surface area (Å²) in [6.07, 6.45) is 2.94. The number of hydrogen-bond acceptors (Lipinski definition) is 6. The van der Waals surface area contributed by atoms with Crippen LogP contribution in [0.25, 0.3) is 11.4 Å². The lowest BCUT2D eigenvalue weighted by Gasteiger charge is -2.35. The van der Waals surface area contributed by atoms with Crippen LogP contribution < -0.4 is 14.4 Å². The highest BCUT2D eigenvalue weighted by molar-refractivity contribution is 5.76. The van der Waals surface area contributed by atoms with E-state index in [2.05, 4.69) is 9.88 Å². The zero-order valence-corrected chi connectivity index (χ0v) is 19.0. The molecule has 1 saturated heterocycles. The molecule has 0 saturated carbocycles. The molecule has 0 bridgehead atoms. The van der Waals surface area contributed by atoms with Crippen molar-refractivity contribution in [2.24, 2.45) is 0 Å². The molecule has 2 aromatic carbocycles. The van der Waals surface area contributed by atoms with E-state index < -0.39 is 0 Å². The summed E-state index contributed by atoms with van der Waals surface area (Å²) < 4.78 is 11.4. The van der Waals surface area contributed by atoms with Crippen molar-refractivity contribution in [3.63, 3.8) is 0 Å². The molecule has 0 radical (unpaired) electrons. The van der Waals surface area contributed by atoms with E-state index in [4.69, 9.17) is 14.5 Å². The molecule has 7 heteroatoms. The molecular weight excluding hydrogens is 416 g/mol. The first-order chi connectivity index (χ1) is 16.2. The summed E-state index contributed by atoms with van der Waals surface area (Å²) in [5.41, 5.74) is 0.999. The van der Waals surface area contributed by atoms with E-state index in [9.17, 15) is 4.79 Å². The monoisotopic (exact) mass is 446 g/mol. The quantitative estimate of drug-likeness (QED) is 0.462. The van der Waals surface area contributed by atoms with E-state index in [0.717, 1.165) is 41.8 Å². The van der Waals surface area contributed by atoms with Gasteiger partial charge in [0.2, 0.25) is 5.91 Å². The number of carbonyl (C=O) groups excluding carboxylic acids is 1. The second kappa shape index (κ2) is 11.3. The number of hydrogen-bond donors (Lipinski definition) is 0. The minimum atomic E-state index is 0.170. The van der Waals surface area contributed by atoms with Crippen molar-refractivity contribution in [3.8, 4) is 22.9 Å². The van der Waals surface area contributed by atoms with Crippen LogP contribution in [0.3, 0.4) is 0 Å². The Balaban J connectivity index is 1.23. The SMILES string of the molecule is CCOc1ccccc1OCCCC(=O)N1CCN(c2ccnc(-c3ccccc3)n2)CC1. The number of ether oxygens (including phenoxy) is 2. The van der Waals surface area contributed by atoms with Crippen molar-refractivity contribution >= 4 is 11.7 Å². The van der Waals surface area contributed by atoms with Crippen LogP contribution in [-0.4, -0.2) is 60.2 Å². The number of para-hydroxylation sites is 2. The molecule has 0 N–H and O–H groups in total. The maximum Gasteiger partial charge on any atom is 0.222 e. The summed E-state index contributed by atoms with van der Waals surface area (Å²) in [5, 5.41) is 0. The van der Waals surface area contributed by atoms with Crippen LogP contribution in [0, 0.1) is 0 Å². The number of rotatable bonds is 9. The smallest absolute Gasteiger partial charge is 0.222 e. The van der Waals surface area contributed by atoms with Gasteiger partial charge in [0, 0.05) is 44.4 Å². The van der Waals surface area contributed by atoms with Crippen LogP contribution >= 0.6 is 0 Å². The van der Waals surface area contributed by atoms with Crippen molar-refractivity contribution in [3.05, 3.63) is 66.9 Å². The number of piperazine rings is 1. The van der Waals surface area contributed by atoms with Crippen LogP contribution in [-0.2, 0) is 4.79 Å². The third kappa shape index (κ3) is 6.00. The van der Waals surface area contributed by atoms with Crippen LogP contribution in [0.5, 0.6) is 11.5 Å². The molecule has 1 fully saturated rings. The molecule has 1 aliphatic heterocycles. The molecule has 0 spiro atoms. The Kier molecular flexibility index (Phi) is 7.74. The highest BCUT2D eigenvalue weighted by atomic mass is 16.5. The summed E-state index contributed by atoms with van der Waals surface area (Å²) in [7, 11) is 0. The van der Waals surface area contributed by atoms with Gasteiger partial charge in [0.25, 0.3) is 0 Å². The minimum Gasteiger partial charge on any atom is -0.490 e. The Morgan fingerprint density at radius 3 is 2.33 bits per heavy atom. The molecule has 0 unspecified atom stereocenters. The molecule has 172 valence electrons. The van der Waals surface area contributed by atoms with Gasteiger partial charge in [0.1, 0.15) is 5.82 Å². The predicted molar refractivity (Wildman–Crippen MR) is 129 cm³/mol. The molecule has 7 nitrogen and oxygen atoms in total. The van der Waals surface area contributed by atoms with Gasteiger partial charge in [-0.25, -0.2) is 9.97 Å². The van der Waals surface area contributed by atoms with Gasteiger partial charge in [-0.1, -0.05) is 42.5 Å². The van der Waals surface area contributed by atoms with Gasteiger partial charge in [0.05, 0.1) is 13.2 Å². The Morgan fingerprint density at radius 2 is 1.61 bits per heavy atom. The molecule has 1 amide bonds. The van der Waals surface area contributed by atoms with Gasteiger partial charge in [-0.2, -0.15) is 0 Å². The van der Waals surface area contributed by atoms with E-state index in [-0.39, 0.29) is 5.91 Å². The van der Waals surface area contributed by atoms with Gasteiger partial charge >= 0.3 is 0 Å². The summed E-state index contributed by atoms with van der Waals surface area (Å²) in [6.45, 7) is 5.92. The Morgan fingerprint density at radius 1 is 0.909 bits per heavy atom. The van der Waals surface area contributed by atoms with Crippen LogP contribution in [0.15, 0.2) is 66.9 Å². The fourth-order valence-corrected chi connectivity index (χ4v) is 3.84. The van der Waals surface area contributed by atoms with E-state index >= 15 is 0 Å². The fourth-order valence-electron chi connectivity index (χ4n) is 3.84. The molecule has 0 atom stereocenters. The summed E-state index contributed by atoms with van der Waals surface area (Å²) in [6, 6.07) is 19.5. The lowest BCUT2D eigenvalue weighted by Crippen LogP contribution is -2.49. The first-order valence-corrected chi connectivity index (χ1v) is 11.5. The molecule has 2 heterocycles. The number of anilines is 1. The van der Waals surface area contributed by atoms with Crippen LogP contribution in [0.2, 0.25) is 0 Å². The predicted octanol–water partition coefficient (Wildman–Crippen LogP) is 4.05. The Bertz CT molecular complexity index is 1040. The van der Waals surface area contributed by atoms with Crippen LogP contribution in [0.1, 0.15) is 19.8 Å². The van der Waals surface area contributed by atoms with E-state index in [0.29, 0.717) is 39.1 Å². The molecule has 1 aliphatic rings. The number of nitrogens with zero attached hydrogens (tertiary/aromatic N) is 4. The third-order valence-corrected chi connectivity index (χ3v) is 5.57. The molecule has 3 aromatic rings. The number of aromatic nitrogens is 2. The van der Waals surface area contributed by atoms with Crippen molar-refractivity contribution in [2.75, 3.05) is 44.3 Å². The van der Waals surface area contributed by atoms with Crippen molar-refractivity contribution < 1.29 is 14.3 Å². The number of carbonyl (C=O) groups is 1. The lowest BCUT2D eigenvalue weighted by atomic mass is 10.2. The maximum absolute atomic E-state index is 12.7. The van der Waals surface area contributed by atoms with E-state index in [1.807, 2.05) is 72.5 Å². The summed E-state index contributed by atoms with van der Waals surface area (Å²) in [4.78, 5) is 25.9. The summed E-state index contributed by atoms with van der Waals surface area (Å²) in [5.74, 6) is 3.25. The standard InChI is InChI=1S/C26H30N4O3/c1-2-32-22-11-6-7-12-23(22)33-20-8-13-25(31)30-18-16-29(17-19-30)24-14-15-27-26(28-24)21-9-4-3-5-10-21/h3-7,9-12,14-15H,2,8,13,16-20H2,1H3. The van der Waals surface area contributed by atoms with Gasteiger partial charge in [0.15, 0.2) is 17.3 Å². The molecule has 4 rings (SSSR count). The third-order valence-electron chi connectivity index (χ3n) is 5.57. The Hall–Kier alpha value is -3.61. The topological polar surface area (TPSA) is 67.8 Å². The van der Waals surface area contributed by atoms with Crippen molar-refractivity contribution in [2.45, 2.75) is 19.8 Å². The second-order valence-corrected chi connectivity index (χ2v) is 7.80. The van der Waals surface area contributed by atoms with E-state index in [1.54, 1.807) is 6.20 Å². The first kappa shape index (κ1) is 22.6. The van der Waals surface area contributed by atoms with Crippen molar-refractivity contribution in [1.82, 2.24) is 14.9 Å². The molecule has 33 heavy (non-hydrogen) atoms. The highest BCUT2D eigenvalue weighted by Gasteiger charge is 2.22. The highest BCUT2D eigenvalue weighted by Crippen LogP contribution is 2.26. The molecule has 0 aliphatic carbocycles. The average molecular weight is 447 g/mol. The fraction of sp³-hybridized carbons (Fsp3) is 0.346. The largest absolute Gasteiger partial charge is 0.490 e. The van der Waals surface area contributed by atoms with Crippen molar-refractivity contribution in [1.29, 1.82) is 0 Å². The second-order valence-electron chi connectivity index (χ2n) is 7.80. The molecular formula is C26H30N4O3. The average Bonchev–Trinajstić information content (AvgIpc) is 2.88. The number of benzene rings is 2. The zero-order valence-electron chi connectivity index (χ0n) is 19.0. The number of amides is 1. The van der Waals surface area contributed by atoms with Gasteiger partial charge in [-0.3, -0.25) is 4.79 Å². The summed E-state index contributed by atoms with van der Waals surface area (Å²) >= 11 is 0. The van der Waals surface area contributed by atoms with Crippen LogP contribution in [0.4, 0.5) is 5.82 Å². The minimum absolute atomic E-state index is 0.170. The first-order valence-electron chi connectivity index (χ1n) is 11.5. The van der Waals surface area contributed by atoms with Gasteiger partial charge in [-0.15, -0.1) is 0 Å². The zero-order chi connectivity index (χ0) is 22.9. The van der Waals surface area contributed by atoms with E-state index in [1.165, 1.54) is 0 Å². The lowest BCUT2D eigenvalue weighted by molar-refractivity contribution is -0.131. The maximum atomic E-state index is 12.7. The normalized spacial score (nSPS) is 13.6. The van der Waals surface area contributed by atoms with Gasteiger partial charge in [-0.05, 0) is 31.5 Å².